The molecule has 0 radical (unpaired) electrons. The number of nitrogens with zero attached hydrogens (tertiary/aromatic N) is 1. The zero-order chi connectivity index (χ0) is 17.0. The van der Waals surface area contributed by atoms with E-state index in [0.717, 1.165) is 0 Å². The molecule has 0 saturated heterocycles. The second kappa shape index (κ2) is 7.04. The highest BCUT2D eigenvalue weighted by atomic mass is 16.7. The van der Waals surface area contributed by atoms with Gasteiger partial charge in [0.25, 0.3) is 11.8 Å². The van der Waals surface area contributed by atoms with Gasteiger partial charge in [-0.3, -0.25) is 14.4 Å². The minimum Gasteiger partial charge on any atom is -0.345 e. The van der Waals surface area contributed by atoms with E-state index in [9.17, 15) is 19.2 Å². The number of hydrogen-bond acceptors (Lipinski definition) is 5. The molecule has 0 saturated carbocycles. The van der Waals surface area contributed by atoms with Gasteiger partial charge in [0.15, 0.2) is 0 Å². The molecule has 1 heterocycles. The summed E-state index contributed by atoms with van der Waals surface area (Å²) in [4.78, 5) is 52.0. The van der Waals surface area contributed by atoms with Gasteiger partial charge in [-0.2, -0.15) is 0 Å². The van der Waals surface area contributed by atoms with E-state index in [0.29, 0.717) is 23.8 Å². The Kier molecular flexibility index (Phi) is 5.10. The monoisotopic (exact) mass is 318 g/mol. The molecule has 7 heteroatoms. The molecule has 0 spiro atoms. The maximum absolute atomic E-state index is 12.0. The lowest BCUT2D eigenvalue weighted by Crippen LogP contribution is -2.38. The molecule has 1 aliphatic rings. The first-order valence-electron chi connectivity index (χ1n) is 7.35. The molecule has 0 bridgehead atoms. The lowest BCUT2D eigenvalue weighted by Gasteiger charge is -2.13. The number of carbonyl (C=O) groups is 4. The van der Waals surface area contributed by atoms with Crippen LogP contribution < -0.4 is 5.32 Å². The van der Waals surface area contributed by atoms with Crippen molar-refractivity contribution in [2.24, 2.45) is 5.92 Å². The molecule has 2 rings (SSSR count). The highest BCUT2D eigenvalue weighted by molar-refractivity contribution is 6.20. The quantitative estimate of drug-likeness (QED) is 0.798. The molecule has 0 atom stereocenters. The minimum atomic E-state index is -0.877. The van der Waals surface area contributed by atoms with E-state index in [1.54, 1.807) is 12.1 Å². The van der Waals surface area contributed by atoms with Crippen LogP contribution >= 0.6 is 0 Å². The van der Waals surface area contributed by atoms with Gasteiger partial charge in [-0.25, -0.2) is 4.79 Å². The number of imide groups is 1. The molecule has 7 nitrogen and oxygen atoms in total. The Hall–Kier alpha value is -2.70. The van der Waals surface area contributed by atoms with Crippen molar-refractivity contribution in [3.8, 4) is 0 Å². The van der Waals surface area contributed by atoms with Gasteiger partial charge in [0.2, 0.25) is 5.91 Å². The minimum absolute atomic E-state index is 0.186. The van der Waals surface area contributed by atoms with Crippen molar-refractivity contribution in [2.75, 3.05) is 6.54 Å². The predicted molar refractivity (Wildman–Crippen MR) is 80.1 cm³/mol. The number of fused-ring (bicyclic) bond motifs is 1. The fraction of sp³-hybridized carbons (Fsp3) is 0.375. The lowest BCUT2D eigenvalue weighted by atomic mass is 10.1. The molecule has 0 unspecified atom stereocenters. The van der Waals surface area contributed by atoms with Crippen LogP contribution in [0.2, 0.25) is 0 Å². The van der Waals surface area contributed by atoms with E-state index >= 15 is 0 Å². The van der Waals surface area contributed by atoms with Gasteiger partial charge in [0.05, 0.1) is 11.1 Å². The molecule has 1 N–H and O–H groups in total. The van der Waals surface area contributed by atoms with Crippen LogP contribution in [0.1, 0.15) is 47.4 Å². The molecule has 0 aliphatic carbocycles. The maximum atomic E-state index is 12.0. The molecular weight excluding hydrogens is 300 g/mol. The molecule has 3 amide bonds. The van der Waals surface area contributed by atoms with Gasteiger partial charge >= 0.3 is 5.97 Å². The van der Waals surface area contributed by atoms with Crippen molar-refractivity contribution in [3.05, 3.63) is 35.4 Å². The summed E-state index contributed by atoms with van der Waals surface area (Å²) in [6.45, 7) is 3.58. The summed E-state index contributed by atoms with van der Waals surface area (Å²) in [6.07, 6.45) is 1.01. The second-order valence-corrected chi connectivity index (χ2v) is 5.62. The summed E-state index contributed by atoms with van der Waals surface area (Å²) in [5.74, 6) is -2.16. The van der Waals surface area contributed by atoms with Crippen molar-refractivity contribution in [1.29, 1.82) is 0 Å². The van der Waals surface area contributed by atoms with E-state index < -0.39 is 24.3 Å². The molecule has 0 aromatic heterocycles. The fourth-order valence-electron chi connectivity index (χ4n) is 2.06. The number of hydrogen-bond donors (Lipinski definition) is 1. The summed E-state index contributed by atoms with van der Waals surface area (Å²) in [5, 5.41) is 2.82. The number of rotatable bonds is 6. The third kappa shape index (κ3) is 3.94. The van der Waals surface area contributed by atoms with Crippen LogP contribution in [-0.4, -0.2) is 35.3 Å². The van der Waals surface area contributed by atoms with Crippen molar-refractivity contribution in [1.82, 2.24) is 10.4 Å². The van der Waals surface area contributed by atoms with Gasteiger partial charge in [-0.05, 0) is 24.5 Å². The van der Waals surface area contributed by atoms with Crippen molar-refractivity contribution in [3.63, 3.8) is 0 Å². The topological polar surface area (TPSA) is 92.8 Å². The van der Waals surface area contributed by atoms with Crippen LogP contribution in [0.15, 0.2) is 24.3 Å². The van der Waals surface area contributed by atoms with Gasteiger partial charge in [0, 0.05) is 6.42 Å². The summed E-state index contributed by atoms with van der Waals surface area (Å²) >= 11 is 0. The number of nitrogens with one attached hydrogen (secondary N) is 1. The Balaban J connectivity index is 1.86. The molecular formula is C16H18N2O5. The number of amides is 3. The average Bonchev–Trinajstić information content (AvgIpc) is 2.76. The van der Waals surface area contributed by atoms with Crippen LogP contribution in [0.25, 0.3) is 0 Å². The zero-order valence-corrected chi connectivity index (χ0v) is 13.0. The summed E-state index contributed by atoms with van der Waals surface area (Å²) in [7, 11) is 0. The average molecular weight is 318 g/mol. The smallest absolute Gasteiger partial charge is 0.345 e. The van der Waals surface area contributed by atoms with Gasteiger partial charge in [-0.1, -0.05) is 31.0 Å². The van der Waals surface area contributed by atoms with E-state index in [1.807, 2.05) is 13.8 Å². The molecule has 1 aliphatic heterocycles. The van der Waals surface area contributed by atoms with Crippen LogP contribution in [-0.2, 0) is 14.4 Å². The van der Waals surface area contributed by atoms with Crippen molar-refractivity contribution in [2.45, 2.75) is 26.7 Å². The first kappa shape index (κ1) is 16.7. The maximum Gasteiger partial charge on any atom is 0.352 e. The molecule has 122 valence electrons. The lowest BCUT2D eigenvalue weighted by molar-refractivity contribution is -0.167. The van der Waals surface area contributed by atoms with Crippen molar-refractivity contribution < 1.29 is 24.0 Å². The summed E-state index contributed by atoms with van der Waals surface area (Å²) in [6, 6.07) is 6.20. The number of benzene rings is 1. The van der Waals surface area contributed by atoms with Gasteiger partial charge in [0.1, 0.15) is 6.54 Å². The Morgan fingerprint density at radius 3 is 2.22 bits per heavy atom. The van der Waals surface area contributed by atoms with Crippen molar-refractivity contribution >= 4 is 23.7 Å². The number of hydroxylamine groups is 2. The van der Waals surface area contributed by atoms with Crippen LogP contribution in [0.4, 0.5) is 0 Å². The Bertz CT molecular complexity index is 619. The summed E-state index contributed by atoms with van der Waals surface area (Å²) < 4.78 is 0. The zero-order valence-electron chi connectivity index (χ0n) is 13.0. The Morgan fingerprint density at radius 1 is 1.13 bits per heavy atom. The molecule has 0 fully saturated rings. The Morgan fingerprint density at radius 2 is 1.70 bits per heavy atom. The second-order valence-electron chi connectivity index (χ2n) is 5.62. The van der Waals surface area contributed by atoms with Crippen LogP contribution in [0.5, 0.6) is 0 Å². The highest BCUT2D eigenvalue weighted by Crippen LogP contribution is 2.22. The molecule has 1 aromatic rings. The predicted octanol–water partition coefficient (Wildman–Crippen LogP) is 1.29. The van der Waals surface area contributed by atoms with E-state index in [2.05, 4.69) is 5.32 Å². The largest absolute Gasteiger partial charge is 0.352 e. The van der Waals surface area contributed by atoms with E-state index in [4.69, 9.17) is 4.84 Å². The first-order chi connectivity index (χ1) is 10.9. The first-order valence-corrected chi connectivity index (χ1v) is 7.35. The third-order valence-corrected chi connectivity index (χ3v) is 3.33. The normalized spacial score (nSPS) is 13.3. The van der Waals surface area contributed by atoms with E-state index in [1.165, 1.54) is 12.1 Å². The molecule has 1 aromatic carbocycles. The third-order valence-electron chi connectivity index (χ3n) is 3.33. The van der Waals surface area contributed by atoms with E-state index in [-0.39, 0.29) is 17.0 Å². The van der Waals surface area contributed by atoms with Gasteiger partial charge < -0.3 is 10.2 Å². The van der Waals surface area contributed by atoms with Crippen LogP contribution in [0, 0.1) is 5.92 Å². The van der Waals surface area contributed by atoms with Gasteiger partial charge in [-0.15, -0.1) is 0 Å². The fourth-order valence-corrected chi connectivity index (χ4v) is 2.06. The standard InChI is InChI=1S/C16H18N2O5/c1-10(2)7-8-13(19)17-9-14(20)23-18-15(21)11-5-3-4-6-12(11)16(18)22/h3-6,10H,7-9H2,1-2H3,(H,17,19). The highest BCUT2D eigenvalue weighted by Gasteiger charge is 2.38. The number of carbonyl (C=O) groups excluding carboxylic acids is 4. The molecule has 23 heavy (non-hydrogen) atoms. The Labute approximate surface area is 133 Å². The SMILES string of the molecule is CC(C)CCC(=O)NCC(=O)ON1C(=O)c2ccccc2C1=O. The van der Waals surface area contributed by atoms with Crippen LogP contribution in [0.3, 0.4) is 0 Å². The summed E-state index contributed by atoms with van der Waals surface area (Å²) in [5.41, 5.74) is 0.373.